The zero-order chi connectivity index (χ0) is 23.7. The summed E-state index contributed by atoms with van der Waals surface area (Å²) in [6.07, 6.45) is 1.99. The van der Waals surface area contributed by atoms with E-state index in [-0.39, 0.29) is 29.6 Å². The number of nitrogens with one attached hydrogen (secondary N) is 1. The lowest BCUT2D eigenvalue weighted by Crippen LogP contribution is -2.52. The number of carbonyl (C=O) groups is 3. The second-order valence-corrected chi connectivity index (χ2v) is 8.37. The standard InChI is InChI=1S/C23H23ClFN5O3/c24-16-6-3-4-13(20(16)25)10-28-23(33)21-17(26)8-9-30(21)19(31)12-29-11-15(22(27)32)14-5-1-2-7-18(14)29/h1-7,11,17,21H,8-10,12,26H2,(H2,27,32)(H,28,33)/t17-,21+/m1/s1. The van der Waals surface area contributed by atoms with E-state index in [4.69, 9.17) is 23.1 Å². The van der Waals surface area contributed by atoms with Gasteiger partial charge in [-0.25, -0.2) is 4.39 Å². The van der Waals surface area contributed by atoms with E-state index in [1.807, 2.05) is 0 Å². The van der Waals surface area contributed by atoms with Crippen molar-refractivity contribution in [1.29, 1.82) is 0 Å². The van der Waals surface area contributed by atoms with Crippen molar-refractivity contribution in [3.63, 3.8) is 0 Å². The number of rotatable bonds is 6. The van der Waals surface area contributed by atoms with Crippen LogP contribution in [0, 0.1) is 5.82 Å². The van der Waals surface area contributed by atoms with Gasteiger partial charge >= 0.3 is 0 Å². The fourth-order valence-electron chi connectivity index (χ4n) is 4.21. The molecule has 4 rings (SSSR count). The second kappa shape index (κ2) is 9.21. The average molecular weight is 472 g/mol. The molecule has 8 nitrogen and oxygen atoms in total. The van der Waals surface area contributed by atoms with Gasteiger partial charge in [0.1, 0.15) is 18.4 Å². The summed E-state index contributed by atoms with van der Waals surface area (Å²) < 4.78 is 15.8. The lowest BCUT2D eigenvalue weighted by atomic mass is 10.1. The smallest absolute Gasteiger partial charge is 0.250 e. The molecule has 1 aliphatic rings. The summed E-state index contributed by atoms with van der Waals surface area (Å²) in [6, 6.07) is 10.2. The molecule has 0 radical (unpaired) electrons. The molecule has 5 N–H and O–H groups in total. The molecule has 1 saturated heterocycles. The molecule has 0 spiro atoms. The van der Waals surface area contributed by atoms with Crippen molar-refractivity contribution in [3.8, 4) is 0 Å². The van der Waals surface area contributed by atoms with Crippen LogP contribution in [0.4, 0.5) is 4.39 Å². The Bertz CT molecular complexity index is 1240. The fraction of sp³-hybridized carbons (Fsp3) is 0.261. The third kappa shape index (κ3) is 4.42. The highest BCUT2D eigenvalue weighted by atomic mass is 35.5. The van der Waals surface area contributed by atoms with Crippen LogP contribution in [0.3, 0.4) is 0 Å². The van der Waals surface area contributed by atoms with E-state index in [9.17, 15) is 18.8 Å². The Morgan fingerprint density at radius 3 is 2.67 bits per heavy atom. The number of halogens is 2. The van der Waals surface area contributed by atoms with Crippen LogP contribution in [-0.4, -0.2) is 45.8 Å². The van der Waals surface area contributed by atoms with Crippen LogP contribution in [0.1, 0.15) is 22.3 Å². The molecule has 0 bridgehead atoms. The summed E-state index contributed by atoms with van der Waals surface area (Å²) in [5.41, 5.74) is 12.8. The lowest BCUT2D eigenvalue weighted by Gasteiger charge is -2.26. The molecular formula is C23H23ClFN5O3. The molecule has 2 aromatic carbocycles. The van der Waals surface area contributed by atoms with Crippen molar-refractivity contribution in [2.75, 3.05) is 6.54 Å². The second-order valence-electron chi connectivity index (χ2n) is 7.97. The van der Waals surface area contributed by atoms with Gasteiger partial charge in [-0.05, 0) is 18.6 Å². The number of nitrogens with zero attached hydrogens (tertiary/aromatic N) is 2. The van der Waals surface area contributed by atoms with Crippen molar-refractivity contribution >= 4 is 40.2 Å². The monoisotopic (exact) mass is 471 g/mol. The van der Waals surface area contributed by atoms with Crippen LogP contribution in [0.2, 0.25) is 5.02 Å². The van der Waals surface area contributed by atoms with E-state index in [0.29, 0.717) is 29.4 Å². The fourth-order valence-corrected chi connectivity index (χ4v) is 4.41. The van der Waals surface area contributed by atoms with E-state index in [1.54, 1.807) is 34.9 Å². The van der Waals surface area contributed by atoms with Crippen LogP contribution in [0.5, 0.6) is 0 Å². The molecule has 1 aromatic heterocycles. The number of hydrogen-bond donors (Lipinski definition) is 3. The highest BCUT2D eigenvalue weighted by Gasteiger charge is 2.40. The van der Waals surface area contributed by atoms with Crippen molar-refractivity contribution in [2.24, 2.45) is 11.5 Å². The van der Waals surface area contributed by atoms with Gasteiger partial charge in [-0.2, -0.15) is 0 Å². The molecule has 10 heteroatoms. The Balaban J connectivity index is 1.51. The van der Waals surface area contributed by atoms with E-state index < -0.39 is 29.7 Å². The summed E-state index contributed by atoms with van der Waals surface area (Å²) >= 11 is 5.79. The molecular weight excluding hydrogens is 449 g/mol. The van der Waals surface area contributed by atoms with Gasteiger partial charge in [0.15, 0.2) is 0 Å². The predicted molar refractivity (Wildman–Crippen MR) is 122 cm³/mol. The Labute approximate surface area is 194 Å². The molecule has 33 heavy (non-hydrogen) atoms. The van der Waals surface area contributed by atoms with E-state index in [1.165, 1.54) is 23.2 Å². The van der Waals surface area contributed by atoms with Gasteiger partial charge in [0.2, 0.25) is 11.8 Å². The van der Waals surface area contributed by atoms with Crippen LogP contribution >= 0.6 is 11.6 Å². The number of likely N-dealkylation sites (tertiary alicyclic amines) is 1. The Morgan fingerprint density at radius 2 is 1.91 bits per heavy atom. The number of para-hydroxylation sites is 1. The molecule has 2 atom stereocenters. The van der Waals surface area contributed by atoms with Gasteiger partial charge in [-0.1, -0.05) is 41.9 Å². The number of fused-ring (bicyclic) bond motifs is 1. The molecule has 0 saturated carbocycles. The summed E-state index contributed by atoms with van der Waals surface area (Å²) in [5, 5.41) is 3.27. The normalized spacial score (nSPS) is 18.0. The third-order valence-corrected chi connectivity index (χ3v) is 6.17. The number of benzene rings is 2. The number of amides is 3. The first kappa shape index (κ1) is 22.8. The Hall–Kier alpha value is -3.43. The highest BCUT2D eigenvalue weighted by molar-refractivity contribution is 6.30. The zero-order valence-corrected chi connectivity index (χ0v) is 18.4. The Kier molecular flexibility index (Phi) is 6.35. The maximum atomic E-state index is 14.1. The number of aromatic nitrogens is 1. The first-order chi connectivity index (χ1) is 15.8. The molecule has 172 valence electrons. The summed E-state index contributed by atoms with van der Waals surface area (Å²) in [7, 11) is 0. The van der Waals surface area contributed by atoms with Crippen molar-refractivity contribution in [1.82, 2.24) is 14.8 Å². The quantitative estimate of drug-likeness (QED) is 0.507. The maximum Gasteiger partial charge on any atom is 0.250 e. The molecule has 3 aromatic rings. The van der Waals surface area contributed by atoms with Crippen LogP contribution < -0.4 is 16.8 Å². The number of carbonyl (C=O) groups excluding carboxylic acids is 3. The van der Waals surface area contributed by atoms with Crippen molar-refractivity contribution < 1.29 is 18.8 Å². The van der Waals surface area contributed by atoms with Crippen LogP contribution in [0.25, 0.3) is 10.9 Å². The molecule has 1 fully saturated rings. The third-order valence-electron chi connectivity index (χ3n) is 5.88. The number of primary amides is 1. The van der Waals surface area contributed by atoms with Gasteiger partial charge in [0.05, 0.1) is 10.6 Å². The minimum absolute atomic E-state index is 0.0367. The van der Waals surface area contributed by atoms with Gasteiger partial charge < -0.3 is 26.3 Å². The van der Waals surface area contributed by atoms with Crippen molar-refractivity contribution in [3.05, 3.63) is 70.6 Å². The van der Waals surface area contributed by atoms with Gasteiger partial charge in [0.25, 0.3) is 5.91 Å². The molecule has 2 heterocycles. The minimum Gasteiger partial charge on any atom is -0.366 e. The maximum absolute atomic E-state index is 14.1. The predicted octanol–water partition coefficient (Wildman–Crippen LogP) is 1.78. The van der Waals surface area contributed by atoms with Gasteiger partial charge in [-0.15, -0.1) is 0 Å². The molecule has 0 unspecified atom stereocenters. The first-order valence-corrected chi connectivity index (χ1v) is 10.8. The van der Waals surface area contributed by atoms with Crippen LogP contribution in [0.15, 0.2) is 48.7 Å². The van der Waals surface area contributed by atoms with E-state index in [2.05, 4.69) is 5.32 Å². The topological polar surface area (TPSA) is 123 Å². The van der Waals surface area contributed by atoms with Crippen molar-refractivity contribution in [2.45, 2.75) is 31.6 Å². The number of nitrogens with two attached hydrogens (primary N) is 2. The van der Waals surface area contributed by atoms with Gasteiger partial charge in [-0.3, -0.25) is 14.4 Å². The zero-order valence-electron chi connectivity index (χ0n) is 17.6. The minimum atomic E-state index is -0.891. The number of hydrogen-bond acceptors (Lipinski definition) is 4. The summed E-state index contributed by atoms with van der Waals surface area (Å²) in [5.74, 6) is -1.99. The van der Waals surface area contributed by atoms with E-state index in [0.717, 1.165) is 0 Å². The molecule has 0 aliphatic carbocycles. The lowest BCUT2D eigenvalue weighted by molar-refractivity contribution is -0.139. The first-order valence-electron chi connectivity index (χ1n) is 10.4. The van der Waals surface area contributed by atoms with E-state index >= 15 is 0 Å². The molecule has 1 aliphatic heterocycles. The largest absolute Gasteiger partial charge is 0.366 e. The summed E-state index contributed by atoms with van der Waals surface area (Å²) in [6.45, 7) is 0.138. The van der Waals surface area contributed by atoms with Gasteiger partial charge in [0, 0.05) is 41.8 Å². The molecule has 3 amide bonds. The SMILES string of the molecule is NC(=O)c1cn(CC(=O)N2CC[C@@H](N)[C@H]2C(=O)NCc2cccc(Cl)c2F)c2ccccc12. The average Bonchev–Trinajstić information content (AvgIpc) is 3.35. The Morgan fingerprint density at radius 1 is 1.15 bits per heavy atom. The van der Waals surface area contributed by atoms with Crippen LogP contribution in [-0.2, 0) is 22.7 Å². The highest BCUT2D eigenvalue weighted by Crippen LogP contribution is 2.23. The summed E-state index contributed by atoms with van der Waals surface area (Å²) in [4.78, 5) is 39.3.